The lowest BCUT2D eigenvalue weighted by Gasteiger charge is -2.40. The van der Waals surface area contributed by atoms with E-state index in [1.165, 1.54) is 58.3 Å². The molecular weight excluding hydrogens is 208 g/mol. The smallest absolute Gasteiger partial charge is 0.0224 e. The van der Waals surface area contributed by atoms with Gasteiger partial charge < -0.3 is 0 Å². The van der Waals surface area contributed by atoms with E-state index >= 15 is 0 Å². The highest BCUT2D eigenvalue weighted by molar-refractivity contribution is 4.88. The molecule has 0 aromatic carbocycles. The van der Waals surface area contributed by atoms with Gasteiger partial charge in [-0.15, -0.1) is 0 Å². The SMILES string of the molecule is CC(C)CCCC(C)N1CCN2CCCC2C1. The van der Waals surface area contributed by atoms with Crippen LogP contribution in [-0.4, -0.2) is 48.1 Å². The van der Waals surface area contributed by atoms with Gasteiger partial charge in [-0.3, -0.25) is 9.80 Å². The molecule has 2 nitrogen and oxygen atoms in total. The molecule has 2 atom stereocenters. The van der Waals surface area contributed by atoms with E-state index < -0.39 is 0 Å². The van der Waals surface area contributed by atoms with E-state index in [0.717, 1.165) is 18.0 Å². The zero-order valence-electron chi connectivity index (χ0n) is 12.0. The molecule has 2 saturated heterocycles. The predicted octanol–water partition coefficient (Wildman–Crippen LogP) is 2.98. The molecule has 2 aliphatic rings. The molecule has 0 saturated carbocycles. The van der Waals surface area contributed by atoms with E-state index in [4.69, 9.17) is 0 Å². The Morgan fingerprint density at radius 2 is 1.88 bits per heavy atom. The molecule has 0 amide bonds. The largest absolute Gasteiger partial charge is 0.298 e. The van der Waals surface area contributed by atoms with Crippen LogP contribution in [0.5, 0.6) is 0 Å². The first kappa shape index (κ1) is 13.4. The van der Waals surface area contributed by atoms with Crippen LogP contribution in [0.2, 0.25) is 0 Å². The van der Waals surface area contributed by atoms with Gasteiger partial charge in [-0.1, -0.05) is 26.7 Å². The third-order valence-electron chi connectivity index (χ3n) is 4.65. The first-order valence-electron chi connectivity index (χ1n) is 7.65. The lowest BCUT2D eigenvalue weighted by Crippen LogP contribution is -2.52. The molecule has 0 aliphatic carbocycles. The van der Waals surface area contributed by atoms with Gasteiger partial charge in [-0.25, -0.2) is 0 Å². The summed E-state index contributed by atoms with van der Waals surface area (Å²) in [4.78, 5) is 5.45. The van der Waals surface area contributed by atoms with Crippen molar-refractivity contribution in [3.05, 3.63) is 0 Å². The standard InChI is InChI=1S/C15H30N2/c1-13(2)6-4-7-14(3)17-11-10-16-9-5-8-15(16)12-17/h13-15H,4-12H2,1-3H3. The fraction of sp³-hybridized carbons (Fsp3) is 1.00. The van der Waals surface area contributed by atoms with Crippen molar-refractivity contribution in [2.75, 3.05) is 26.2 Å². The van der Waals surface area contributed by atoms with E-state index in [1.54, 1.807) is 0 Å². The van der Waals surface area contributed by atoms with Gasteiger partial charge in [-0.2, -0.15) is 0 Å². The maximum Gasteiger partial charge on any atom is 0.0224 e. The second kappa shape index (κ2) is 6.19. The summed E-state index contributed by atoms with van der Waals surface area (Å²) in [5.41, 5.74) is 0. The summed E-state index contributed by atoms with van der Waals surface area (Å²) in [6, 6.07) is 1.69. The van der Waals surface area contributed by atoms with E-state index in [0.29, 0.717) is 0 Å². The molecule has 0 aromatic heterocycles. The van der Waals surface area contributed by atoms with Crippen LogP contribution in [0.4, 0.5) is 0 Å². The van der Waals surface area contributed by atoms with Gasteiger partial charge in [0.25, 0.3) is 0 Å². The Kier molecular flexibility index (Phi) is 4.87. The summed E-state index contributed by atoms with van der Waals surface area (Å²) in [6.45, 7) is 12.4. The Morgan fingerprint density at radius 3 is 2.65 bits per heavy atom. The van der Waals surface area contributed by atoms with Crippen molar-refractivity contribution in [2.45, 2.75) is 65.0 Å². The Bertz CT molecular complexity index is 227. The van der Waals surface area contributed by atoms with Crippen LogP contribution < -0.4 is 0 Å². The van der Waals surface area contributed by atoms with Crippen LogP contribution in [0.25, 0.3) is 0 Å². The Balaban J connectivity index is 1.70. The third kappa shape index (κ3) is 3.69. The molecular formula is C15H30N2. The molecule has 2 fully saturated rings. The van der Waals surface area contributed by atoms with Crippen LogP contribution in [0.15, 0.2) is 0 Å². The quantitative estimate of drug-likeness (QED) is 0.726. The molecule has 0 N–H and O–H groups in total. The number of hydrogen-bond donors (Lipinski definition) is 0. The van der Waals surface area contributed by atoms with Crippen LogP contribution in [0.1, 0.15) is 52.9 Å². The first-order valence-corrected chi connectivity index (χ1v) is 7.65. The molecule has 17 heavy (non-hydrogen) atoms. The minimum atomic E-state index is 0.802. The van der Waals surface area contributed by atoms with Crippen molar-refractivity contribution in [2.24, 2.45) is 5.92 Å². The van der Waals surface area contributed by atoms with E-state index in [1.807, 2.05) is 0 Å². The number of piperazine rings is 1. The van der Waals surface area contributed by atoms with Crippen molar-refractivity contribution >= 4 is 0 Å². The van der Waals surface area contributed by atoms with Crippen LogP contribution in [-0.2, 0) is 0 Å². The van der Waals surface area contributed by atoms with Gasteiger partial charge in [0, 0.05) is 31.7 Å². The predicted molar refractivity (Wildman–Crippen MR) is 74.3 cm³/mol. The Morgan fingerprint density at radius 1 is 1.06 bits per heavy atom. The van der Waals surface area contributed by atoms with Crippen LogP contribution in [0, 0.1) is 5.92 Å². The van der Waals surface area contributed by atoms with Crippen molar-refractivity contribution < 1.29 is 0 Å². The van der Waals surface area contributed by atoms with Crippen molar-refractivity contribution in [1.82, 2.24) is 9.80 Å². The summed E-state index contributed by atoms with van der Waals surface area (Å²) in [7, 11) is 0. The summed E-state index contributed by atoms with van der Waals surface area (Å²) >= 11 is 0. The van der Waals surface area contributed by atoms with Crippen molar-refractivity contribution in [3.63, 3.8) is 0 Å². The van der Waals surface area contributed by atoms with E-state index in [9.17, 15) is 0 Å². The second-order valence-corrected chi connectivity index (χ2v) is 6.50. The lowest BCUT2D eigenvalue weighted by molar-refractivity contribution is 0.0731. The molecule has 0 spiro atoms. The highest BCUT2D eigenvalue weighted by Crippen LogP contribution is 2.23. The Hall–Kier alpha value is -0.0800. The van der Waals surface area contributed by atoms with Crippen molar-refractivity contribution in [3.8, 4) is 0 Å². The number of rotatable bonds is 5. The van der Waals surface area contributed by atoms with E-state index in [-0.39, 0.29) is 0 Å². The lowest BCUT2D eigenvalue weighted by atomic mass is 10.0. The Labute approximate surface area is 107 Å². The minimum absolute atomic E-state index is 0.802. The monoisotopic (exact) mass is 238 g/mol. The fourth-order valence-electron chi connectivity index (χ4n) is 3.42. The summed E-state index contributed by atoms with van der Waals surface area (Å²) < 4.78 is 0. The second-order valence-electron chi connectivity index (χ2n) is 6.50. The molecule has 2 heteroatoms. The number of nitrogens with zero attached hydrogens (tertiary/aromatic N) is 2. The highest BCUT2D eigenvalue weighted by atomic mass is 15.3. The number of hydrogen-bond acceptors (Lipinski definition) is 2. The average molecular weight is 238 g/mol. The molecule has 0 radical (unpaired) electrons. The number of fused-ring (bicyclic) bond motifs is 1. The molecule has 2 unspecified atom stereocenters. The van der Waals surface area contributed by atoms with Gasteiger partial charge in [-0.05, 0) is 38.6 Å². The topological polar surface area (TPSA) is 6.48 Å². The summed E-state index contributed by atoms with van der Waals surface area (Å²) in [5.74, 6) is 0.869. The zero-order valence-corrected chi connectivity index (χ0v) is 12.0. The molecule has 2 rings (SSSR count). The first-order chi connectivity index (χ1) is 8.16. The van der Waals surface area contributed by atoms with Gasteiger partial charge >= 0.3 is 0 Å². The normalized spacial score (nSPS) is 28.6. The average Bonchev–Trinajstić information content (AvgIpc) is 2.75. The molecule has 2 aliphatic heterocycles. The highest BCUT2D eigenvalue weighted by Gasteiger charge is 2.31. The fourth-order valence-corrected chi connectivity index (χ4v) is 3.42. The van der Waals surface area contributed by atoms with Crippen LogP contribution >= 0.6 is 0 Å². The maximum atomic E-state index is 2.74. The van der Waals surface area contributed by atoms with Crippen LogP contribution in [0.3, 0.4) is 0 Å². The summed E-state index contributed by atoms with van der Waals surface area (Å²) in [6.07, 6.45) is 7.07. The molecule has 0 aromatic rings. The maximum absolute atomic E-state index is 2.74. The third-order valence-corrected chi connectivity index (χ3v) is 4.65. The van der Waals surface area contributed by atoms with E-state index in [2.05, 4.69) is 30.6 Å². The molecule has 100 valence electrons. The summed E-state index contributed by atoms with van der Waals surface area (Å²) in [5, 5.41) is 0. The van der Waals surface area contributed by atoms with Gasteiger partial charge in [0.2, 0.25) is 0 Å². The van der Waals surface area contributed by atoms with Gasteiger partial charge in [0.05, 0.1) is 0 Å². The minimum Gasteiger partial charge on any atom is -0.298 e. The van der Waals surface area contributed by atoms with Gasteiger partial charge in [0.15, 0.2) is 0 Å². The zero-order chi connectivity index (χ0) is 12.3. The van der Waals surface area contributed by atoms with Gasteiger partial charge in [0.1, 0.15) is 0 Å². The molecule has 0 bridgehead atoms. The van der Waals surface area contributed by atoms with Crippen molar-refractivity contribution in [1.29, 1.82) is 0 Å². The molecule has 2 heterocycles.